The summed E-state index contributed by atoms with van der Waals surface area (Å²) in [5.41, 5.74) is 0. The standard InChI is InChI=1S/C23H42O3/c1-14-8-19(12-17-4-6-21(24)15(2)10-17)23(26)20(9-14)13-18-5-7-22(25)16(3)11-18/h14-26H,4-13H2,1-3H3. The first kappa shape index (κ1) is 20.6. The van der Waals surface area contributed by atoms with Gasteiger partial charge in [-0.15, -0.1) is 0 Å². The molecule has 3 rings (SSSR count). The van der Waals surface area contributed by atoms with Gasteiger partial charge in [-0.25, -0.2) is 0 Å². The van der Waals surface area contributed by atoms with E-state index in [2.05, 4.69) is 20.8 Å². The summed E-state index contributed by atoms with van der Waals surface area (Å²) in [5.74, 6) is 3.81. The van der Waals surface area contributed by atoms with Gasteiger partial charge in [-0.2, -0.15) is 0 Å². The Hall–Kier alpha value is -0.120. The molecule has 3 heteroatoms. The van der Waals surface area contributed by atoms with Crippen molar-refractivity contribution < 1.29 is 15.3 Å². The van der Waals surface area contributed by atoms with Crippen LogP contribution in [0.4, 0.5) is 0 Å². The monoisotopic (exact) mass is 366 g/mol. The topological polar surface area (TPSA) is 60.7 Å². The normalized spacial score (nSPS) is 50.5. The maximum Gasteiger partial charge on any atom is 0.0596 e. The SMILES string of the molecule is CC1CC(CC2CCC(O)C(C)C2)C(O)C(CC2CCC(O)C(C)C2)C1. The lowest BCUT2D eigenvalue weighted by atomic mass is 9.65. The van der Waals surface area contributed by atoms with Gasteiger partial charge in [0.25, 0.3) is 0 Å². The molecule has 0 heterocycles. The molecule has 0 radical (unpaired) electrons. The van der Waals surface area contributed by atoms with E-state index in [0.717, 1.165) is 51.4 Å². The van der Waals surface area contributed by atoms with Gasteiger partial charge >= 0.3 is 0 Å². The molecule has 8 unspecified atom stereocenters. The molecule has 0 aromatic carbocycles. The first-order valence-corrected chi connectivity index (χ1v) is 11.4. The van der Waals surface area contributed by atoms with Gasteiger partial charge in [0, 0.05) is 0 Å². The molecule has 152 valence electrons. The molecule has 0 aliphatic heterocycles. The van der Waals surface area contributed by atoms with E-state index in [1.54, 1.807) is 0 Å². The van der Waals surface area contributed by atoms with Crippen LogP contribution in [-0.2, 0) is 0 Å². The van der Waals surface area contributed by atoms with E-state index < -0.39 is 0 Å². The zero-order valence-corrected chi connectivity index (χ0v) is 17.2. The van der Waals surface area contributed by atoms with E-state index in [9.17, 15) is 15.3 Å². The fourth-order valence-corrected chi connectivity index (χ4v) is 6.53. The summed E-state index contributed by atoms with van der Waals surface area (Å²) >= 11 is 0. The highest BCUT2D eigenvalue weighted by Gasteiger charge is 2.39. The average Bonchev–Trinajstić information content (AvgIpc) is 2.58. The second-order valence-corrected chi connectivity index (χ2v) is 10.5. The van der Waals surface area contributed by atoms with E-state index >= 15 is 0 Å². The van der Waals surface area contributed by atoms with E-state index in [1.807, 2.05) is 0 Å². The molecule has 3 fully saturated rings. The molecule has 0 bridgehead atoms. The fourth-order valence-electron chi connectivity index (χ4n) is 6.53. The van der Waals surface area contributed by atoms with E-state index in [-0.39, 0.29) is 18.3 Å². The minimum Gasteiger partial charge on any atom is -0.393 e. The first-order valence-electron chi connectivity index (χ1n) is 11.4. The Bertz CT molecular complexity index is 401. The molecule has 0 aromatic heterocycles. The molecule has 8 atom stereocenters. The summed E-state index contributed by atoms with van der Waals surface area (Å²) < 4.78 is 0. The van der Waals surface area contributed by atoms with Gasteiger partial charge in [0.1, 0.15) is 0 Å². The fraction of sp³-hybridized carbons (Fsp3) is 1.00. The lowest BCUT2D eigenvalue weighted by molar-refractivity contribution is -0.0348. The third-order valence-corrected chi connectivity index (χ3v) is 8.11. The van der Waals surface area contributed by atoms with E-state index in [0.29, 0.717) is 41.4 Å². The predicted octanol–water partition coefficient (Wildman–Crippen LogP) is 4.38. The van der Waals surface area contributed by atoms with E-state index in [4.69, 9.17) is 0 Å². The molecular weight excluding hydrogens is 324 g/mol. The molecule has 3 nitrogen and oxygen atoms in total. The molecule has 3 aliphatic rings. The van der Waals surface area contributed by atoms with Crippen molar-refractivity contribution in [1.29, 1.82) is 0 Å². The average molecular weight is 367 g/mol. The molecular formula is C23H42O3. The van der Waals surface area contributed by atoms with Crippen molar-refractivity contribution in [2.75, 3.05) is 0 Å². The predicted molar refractivity (Wildman–Crippen MR) is 106 cm³/mol. The smallest absolute Gasteiger partial charge is 0.0596 e. The summed E-state index contributed by atoms with van der Waals surface area (Å²) in [4.78, 5) is 0. The second-order valence-electron chi connectivity index (χ2n) is 10.5. The summed E-state index contributed by atoms with van der Waals surface area (Å²) in [6.45, 7) is 6.73. The highest BCUT2D eigenvalue weighted by molar-refractivity contribution is 4.90. The third-order valence-electron chi connectivity index (χ3n) is 8.11. The number of rotatable bonds is 4. The lowest BCUT2D eigenvalue weighted by Gasteiger charge is -2.43. The van der Waals surface area contributed by atoms with Crippen molar-refractivity contribution in [3.8, 4) is 0 Å². The molecule has 0 spiro atoms. The van der Waals surface area contributed by atoms with Crippen molar-refractivity contribution in [2.45, 2.75) is 103 Å². The molecule has 26 heavy (non-hydrogen) atoms. The van der Waals surface area contributed by atoms with Crippen LogP contribution in [0.3, 0.4) is 0 Å². The Morgan fingerprint density at radius 3 is 1.42 bits per heavy atom. The van der Waals surface area contributed by atoms with Gasteiger partial charge in [0.2, 0.25) is 0 Å². The van der Waals surface area contributed by atoms with Crippen LogP contribution in [0.25, 0.3) is 0 Å². The van der Waals surface area contributed by atoms with Gasteiger partial charge in [-0.3, -0.25) is 0 Å². The minimum absolute atomic E-state index is 0.113. The Morgan fingerprint density at radius 2 is 1.04 bits per heavy atom. The van der Waals surface area contributed by atoms with E-state index in [1.165, 1.54) is 12.8 Å². The van der Waals surface area contributed by atoms with Crippen molar-refractivity contribution in [3.63, 3.8) is 0 Å². The van der Waals surface area contributed by atoms with Gasteiger partial charge < -0.3 is 15.3 Å². The highest BCUT2D eigenvalue weighted by atomic mass is 16.3. The van der Waals surface area contributed by atoms with Crippen LogP contribution in [0.2, 0.25) is 0 Å². The Balaban J connectivity index is 1.55. The Morgan fingerprint density at radius 1 is 0.615 bits per heavy atom. The van der Waals surface area contributed by atoms with Crippen LogP contribution >= 0.6 is 0 Å². The summed E-state index contributed by atoms with van der Waals surface area (Å²) in [5, 5.41) is 31.1. The van der Waals surface area contributed by atoms with Gasteiger partial charge in [-0.05, 0) is 106 Å². The largest absolute Gasteiger partial charge is 0.393 e. The number of hydrogen-bond acceptors (Lipinski definition) is 3. The quantitative estimate of drug-likeness (QED) is 0.692. The Kier molecular flexibility index (Phi) is 7.07. The van der Waals surface area contributed by atoms with Crippen molar-refractivity contribution in [1.82, 2.24) is 0 Å². The van der Waals surface area contributed by atoms with Crippen LogP contribution in [0.5, 0.6) is 0 Å². The number of aliphatic hydroxyl groups is 3. The van der Waals surface area contributed by atoms with Gasteiger partial charge in [0.05, 0.1) is 18.3 Å². The van der Waals surface area contributed by atoms with Crippen LogP contribution in [0.1, 0.15) is 85.0 Å². The molecule has 3 N–H and O–H groups in total. The summed E-state index contributed by atoms with van der Waals surface area (Å²) in [7, 11) is 0. The number of hydrogen-bond donors (Lipinski definition) is 3. The molecule has 0 amide bonds. The second kappa shape index (κ2) is 8.92. The number of aliphatic hydroxyl groups excluding tert-OH is 3. The van der Waals surface area contributed by atoms with Crippen molar-refractivity contribution >= 4 is 0 Å². The van der Waals surface area contributed by atoms with Crippen LogP contribution < -0.4 is 0 Å². The molecule has 3 saturated carbocycles. The highest BCUT2D eigenvalue weighted by Crippen LogP contribution is 2.44. The van der Waals surface area contributed by atoms with Crippen molar-refractivity contribution in [2.24, 2.45) is 41.4 Å². The maximum atomic E-state index is 11.1. The molecule has 0 saturated heterocycles. The van der Waals surface area contributed by atoms with Crippen LogP contribution in [-0.4, -0.2) is 33.6 Å². The van der Waals surface area contributed by atoms with Gasteiger partial charge in [0.15, 0.2) is 0 Å². The maximum absolute atomic E-state index is 11.1. The third kappa shape index (κ3) is 5.02. The molecule has 3 aliphatic carbocycles. The van der Waals surface area contributed by atoms with Gasteiger partial charge in [-0.1, -0.05) is 20.8 Å². The van der Waals surface area contributed by atoms with Crippen LogP contribution in [0, 0.1) is 41.4 Å². The molecule has 0 aromatic rings. The zero-order chi connectivity index (χ0) is 18.8. The Labute approximate surface area is 160 Å². The minimum atomic E-state index is -0.143. The summed E-state index contributed by atoms with van der Waals surface area (Å²) in [6, 6.07) is 0. The van der Waals surface area contributed by atoms with Crippen molar-refractivity contribution in [3.05, 3.63) is 0 Å². The summed E-state index contributed by atoms with van der Waals surface area (Å²) in [6.07, 6.45) is 10.7. The zero-order valence-electron chi connectivity index (χ0n) is 17.2. The van der Waals surface area contributed by atoms with Crippen LogP contribution in [0.15, 0.2) is 0 Å². The lowest BCUT2D eigenvalue weighted by Crippen LogP contribution is -2.40. The first-order chi connectivity index (χ1) is 12.3.